The lowest BCUT2D eigenvalue weighted by Crippen LogP contribution is -2.46. The van der Waals surface area contributed by atoms with E-state index >= 15 is 0 Å². The van der Waals surface area contributed by atoms with Crippen molar-refractivity contribution in [3.63, 3.8) is 0 Å². The van der Waals surface area contributed by atoms with Crippen LogP contribution in [0.15, 0.2) is 0 Å². The monoisotopic (exact) mass is 223 g/mol. The van der Waals surface area contributed by atoms with E-state index in [2.05, 4.69) is 4.72 Å². The molecule has 0 radical (unpaired) electrons. The highest BCUT2D eigenvalue weighted by atomic mass is 32.2. The standard InChI is InChI=1S/C8H17NO4S/c1-6-2-3-8(6)14(12,13)9-4-7(11)5-10/h6-11H,2-5H2,1H3. The number of aliphatic hydroxyl groups is 2. The zero-order valence-corrected chi connectivity index (χ0v) is 9.00. The molecule has 0 saturated heterocycles. The van der Waals surface area contributed by atoms with Crippen molar-refractivity contribution in [1.82, 2.24) is 4.72 Å². The van der Waals surface area contributed by atoms with Gasteiger partial charge in [0.2, 0.25) is 10.0 Å². The predicted molar refractivity (Wildman–Crippen MR) is 52.2 cm³/mol. The second-order valence-corrected chi connectivity index (χ2v) is 5.81. The molecule has 0 aliphatic heterocycles. The SMILES string of the molecule is CC1CCC1S(=O)(=O)NCC(O)CO. The van der Waals surface area contributed by atoms with Gasteiger partial charge in [-0.1, -0.05) is 6.92 Å². The van der Waals surface area contributed by atoms with Crippen LogP contribution in [-0.4, -0.2) is 43.1 Å². The molecule has 0 aromatic heterocycles. The molecule has 0 heterocycles. The first-order valence-electron chi connectivity index (χ1n) is 4.74. The fourth-order valence-electron chi connectivity index (χ4n) is 1.48. The van der Waals surface area contributed by atoms with Crippen LogP contribution in [0.1, 0.15) is 19.8 Å². The molecule has 0 spiro atoms. The summed E-state index contributed by atoms with van der Waals surface area (Å²) in [6.07, 6.45) is 0.611. The quantitative estimate of drug-likeness (QED) is 0.561. The van der Waals surface area contributed by atoms with Crippen molar-refractivity contribution in [2.24, 2.45) is 5.92 Å². The summed E-state index contributed by atoms with van der Waals surface area (Å²) in [4.78, 5) is 0. The molecule has 0 amide bonds. The molecule has 0 bridgehead atoms. The number of sulfonamides is 1. The van der Waals surface area contributed by atoms with Crippen molar-refractivity contribution in [3.8, 4) is 0 Å². The maximum atomic E-state index is 11.5. The fourth-order valence-corrected chi connectivity index (χ4v) is 3.31. The van der Waals surface area contributed by atoms with Crippen LogP contribution in [0.5, 0.6) is 0 Å². The lowest BCUT2D eigenvalue weighted by molar-refractivity contribution is 0.0986. The fraction of sp³-hybridized carbons (Fsp3) is 1.00. The van der Waals surface area contributed by atoms with E-state index in [1.807, 2.05) is 6.92 Å². The highest BCUT2D eigenvalue weighted by Gasteiger charge is 2.37. The van der Waals surface area contributed by atoms with E-state index in [1.54, 1.807) is 0 Å². The Labute approximate surface area is 84.2 Å². The van der Waals surface area contributed by atoms with Crippen LogP contribution in [-0.2, 0) is 10.0 Å². The number of aliphatic hydroxyl groups excluding tert-OH is 2. The van der Waals surface area contributed by atoms with Gasteiger partial charge in [-0.05, 0) is 18.8 Å². The maximum absolute atomic E-state index is 11.5. The highest BCUT2D eigenvalue weighted by Crippen LogP contribution is 2.32. The van der Waals surface area contributed by atoms with Gasteiger partial charge in [-0.15, -0.1) is 0 Å². The van der Waals surface area contributed by atoms with Gasteiger partial charge in [0.05, 0.1) is 18.0 Å². The maximum Gasteiger partial charge on any atom is 0.214 e. The predicted octanol–water partition coefficient (Wildman–Crippen LogP) is -0.942. The van der Waals surface area contributed by atoms with Crippen molar-refractivity contribution in [2.75, 3.05) is 13.2 Å². The van der Waals surface area contributed by atoms with Crippen molar-refractivity contribution in [1.29, 1.82) is 0 Å². The third kappa shape index (κ3) is 2.66. The van der Waals surface area contributed by atoms with Gasteiger partial charge in [-0.3, -0.25) is 0 Å². The average molecular weight is 223 g/mol. The van der Waals surface area contributed by atoms with E-state index in [0.29, 0.717) is 6.42 Å². The Morgan fingerprint density at radius 3 is 2.50 bits per heavy atom. The smallest absolute Gasteiger partial charge is 0.214 e. The topological polar surface area (TPSA) is 86.6 Å². The number of rotatable bonds is 5. The molecule has 1 fully saturated rings. The minimum Gasteiger partial charge on any atom is -0.394 e. The van der Waals surface area contributed by atoms with Gasteiger partial charge in [0.1, 0.15) is 0 Å². The van der Waals surface area contributed by atoms with Crippen LogP contribution in [0.3, 0.4) is 0 Å². The van der Waals surface area contributed by atoms with Gasteiger partial charge in [0, 0.05) is 6.54 Å². The lowest BCUT2D eigenvalue weighted by atomic mass is 9.87. The van der Waals surface area contributed by atoms with Crippen molar-refractivity contribution >= 4 is 10.0 Å². The summed E-state index contributed by atoms with van der Waals surface area (Å²) in [7, 11) is -3.30. The first kappa shape index (κ1) is 11.9. The lowest BCUT2D eigenvalue weighted by Gasteiger charge is -2.33. The van der Waals surface area contributed by atoms with Gasteiger partial charge < -0.3 is 10.2 Å². The normalized spacial score (nSPS) is 29.6. The Morgan fingerprint density at radius 1 is 1.50 bits per heavy atom. The van der Waals surface area contributed by atoms with E-state index in [-0.39, 0.29) is 17.7 Å². The number of hydrogen-bond acceptors (Lipinski definition) is 4. The van der Waals surface area contributed by atoms with Crippen LogP contribution >= 0.6 is 0 Å². The molecule has 14 heavy (non-hydrogen) atoms. The van der Waals surface area contributed by atoms with Gasteiger partial charge in [0.15, 0.2) is 0 Å². The summed E-state index contributed by atoms with van der Waals surface area (Å²) in [5, 5.41) is 17.2. The third-order valence-corrected chi connectivity index (χ3v) is 4.74. The summed E-state index contributed by atoms with van der Waals surface area (Å²) in [6.45, 7) is 1.36. The van der Waals surface area contributed by atoms with Crippen LogP contribution in [0, 0.1) is 5.92 Å². The number of nitrogens with one attached hydrogen (secondary N) is 1. The van der Waals surface area contributed by atoms with Crippen molar-refractivity contribution in [2.45, 2.75) is 31.1 Å². The van der Waals surface area contributed by atoms with E-state index in [0.717, 1.165) is 6.42 Å². The largest absolute Gasteiger partial charge is 0.394 e. The molecule has 1 aliphatic rings. The zero-order chi connectivity index (χ0) is 10.8. The summed E-state index contributed by atoms with van der Waals surface area (Å²) in [5.74, 6) is 0.193. The molecule has 1 rings (SSSR count). The molecule has 1 saturated carbocycles. The molecule has 6 heteroatoms. The zero-order valence-electron chi connectivity index (χ0n) is 8.18. The molecule has 5 nitrogen and oxygen atoms in total. The average Bonchev–Trinajstić information content (AvgIpc) is 2.11. The first-order chi connectivity index (χ1) is 6.47. The highest BCUT2D eigenvalue weighted by molar-refractivity contribution is 7.90. The van der Waals surface area contributed by atoms with E-state index in [9.17, 15) is 8.42 Å². The van der Waals surface area contributed by atoms with Crippen molar-refractivity contribution < 1.29 is 18.6 Å². The molecule has 84 valence electrons. The molecule has 3 unspecified atom stereocenters. The molecule has 0 aromatic rings. The molecular weight excluding hydrogens is 206 g/mol. The summed E-state index contributed by atoms with van der Waals surface area (Å²) in [5.41, 5.74) is 0. The Morgan fingerprint density at radius 2 is 2.14 bits per heavy atom. The molecule has 3 atom stereocenters. The minimum atomic E-state index is -3.30. The molecule has 3 N–H and O–H groups in total. The number of hydrogen-bond donors (Lipinski definition) is 3. The molecular formula is C8H17NO4S. The van der Waals surface area contributed by atoms with Gasteiger partial charge in [0.25, 0.3) is 0 Å². The van der Waals surface area contributed by atoms with Crippen LogP contribution in [0.4, 0.5) is 0 Å². The Bertz CT molecular complexity index is 277. The van der Waals surface area contributed by atoms with E-state index < -0.39 is 22.7 Å². The Balaban J connectivity index is 2.42. The Kier molecular flexibility index (Phi) is 3.88. The van der Waals surface area contributed by atoms with Crippen LogP contribution < -0.4 is 4.72 Å². The molecule has 0 aromatic carbocycles. The second kappa shape index (κ2) is 4.57. The second-order valence-electron chi connectivity index (χ2n) is 3.82. The van der Waals surface area contributed by atoms with Gasteiger partial charge in [-0.25, -0.2) is 13.1 Å². The summed E-state index contributed by atoms with van der Waals surface area (Å²) in [6, 6.07) is 0. The minimum absolute atomic E-state index is 0.109. The van der Waals surface area contributed by atoms with E-state index in [1.165, 1.54) is 0 Å². The van der Waals surface area contributed by atoms with Gasteiger partial charge >= 0.3 is 0 Å². The van der Waals surface area contributed by atoms with E-state index in [4.69, 9.17) is 10.2 Å². The van der Waals surface area contributed by atoms with Crippen LogP contribution in [0.25, 0.3) is 0 Å². The van der Waals surface area contributed by atoms with Crippen LogP contribution in [0.2, 0.25) is 0 Å². The van der Waals surface area contributed by atoms with Gasteiger partial charge in [-0.2, -0.15) is 0 Å². The third-order valence-electron chi connectivity index (χ3n) is 2.67. The first-order valence-corrected chi connectivity index (χ1v) is 6.29. The Hall–Kier alpha value is -0.170. The summed E-state index contributed by atoms with van der Waals surface area (Å²) < 4.78 is 25.4. The molecule has 1 aliphatic carbocycles. The van der Waals surface area contributed by atoms with Crippen molar-refractivity contribution in [3.05, 3.63) is 0 Å². The summed E-state index contributed by atoms with van der Waals surface area (Å²) >= 11 is 0.